The van der Waals surface area contributed by atoms with Gasteiger partial charge in [0.05, 0.1) is 16.9 Å². The fourth-order valence-corrected chi connectivity index (χ4v) is 2.06. The van der Waals surface area contributed by atoms with E-state index in [9.17, 15) is 0 Å². The normalized spacial score (nSPS) is 12.5. The minimum atomic E-state index is 0.275. The lowest BCUT2D eigenvalue weighted by molar-refractivity contribution is 0.174. The fourth-order valence-electron chi connectivity index (χ4n) is 1.82. The van der Waals surface area contributed by atoms with Gasteiger partial charge in [-0.2, -0.15) is 0 Å². The molecule has 0 atom stereocenters. The Morgan fingerprint density at radius 2 is 2.11 bits per heavy atom. The zero-order valence-corrected chi connectivity index (χ0v) is 10.8. The third-order valence-electron chi connectivity index (χ3n) is 2.76. The Hall–Kier alpha value is -2.14. The quantitative estimate of drug-likeness (QED) is 0.903. The highest BCUT2D eigenvalue weighted by molar-refractivity contribution is 6.33. The minimum Gasteiger partial charge on any atom is -0.454 e. The Kier molecular flexibility index (Phi) is 3.05. The second-order valence-electron chi connectivity index (χ2n) is 4.14. The van der Waals surface area contributed by atoms with Crippen LogP contribution in [-0.2, 0) is 6.54 Å². The summed E-state index contributed by atoms with van der Waals surface area (Å²) in [5.74, 6) is 2.14. The molecule has 0 amide bonds. The molecule has 1 aromatic heterocycles. The third kappa shape index (κ3) is 2.51. The van der Waals surface area contributed by atoms with Crippen molar-refractivity contribution in [1.82, 2.24) is 4.98 Å². The Balaban J connectivity index is 1.72. The number of nitrogens with one attached hydrogen (secondary N) is 1. The summed E-state index contributed by atoms with van der Waals surface area (Å²) in [6, 6.07) is 7.44. The number of pyridine rings is 1. The highest BCUT2D eigenvalue weighted by Crippen LogP contribution is 2.32. The van der Waals surface area contributed by atoms with Gasteiger partial charge in [0.25, 0.3) is 0 Å². The maximum Gasteiger partial charge on any atom is 0.231 e. The molecule has 0 fully saturated rings. The zero-order valence-electron chi connectivity index (χ0n) is 10.0. The molecule has 6 heteroatoms. The minimum absolute atomic E-state index is 0.275. The van der Waals surface area contributed by atoms with Crippen LogP contribution in [0, 0.1) is 0 Å². The number of nitrogen functional groups attached to an aromatic ring is 1. The monoisotopic (exact) mass is 277 g/mol. The van der Waals surface area contributed by atoms with Crippen LogP contribution in [0.3, 0.4) is 0 Å². The summed E-state index contributed by atoms with van der Waals surface area (Å²) in [4.78, 5) is 4.14. The van der Waals surface area contributed by atoms with Gasteiger partial charge in [0.1, 0.15) is 5.82 Å². The van der Waals surface area contributed by atoms with Crippen LogP contribution in [0.1, 0.15) is 5.56 Å². The molecule has 0 saturated carbocycles. The smallest absolute Gasteiger partial charge is 0.231 e. The summed E-state index contributed by atoms with van der Waals surface area (Å²) < 4.78 is 10.6. The number of aromatic nitrogens is 1. The van der Waals surface area contributed by atoms with E-state index in [2.05, 4.69) is 10.3 Å². The Bertz CT molecular complexity index is 619. The number of halogens is 1. The number of nitrogens with two attached hydrogens (primary N) is 1. The van der Waals surface area contributed by atoms with E-state index in [4.69, 9.17) is 26.8 Å². The molecule has 3 N–H and O–H groups in total. The summed E-state index contributed by atoms with van der Waals surface area (Å²) in [6.07, 6.45) is 1.56. The summed E-state index contributed by atoms with van der Waals surface area (Å²) in [6.45, 7) is 0.866. The van der Waals surface area contributed by atoms with E-state index >= 15 is 0 Å². The fraction of sp³-hybridized carbons (Fsp3) is 0.154. The number of benzene rings is 1. The average molecular weight is 278 g/mol. The van der Waals surface area contributed by atoms with Crippen LogP contribution < -0.4 is 20.5 Å². The molecule has 98 valence electrons. The molecule has 0 aliphatic carbocycles. The molecule has 19 heavy (non-hydrogen) atoms. The Morgan fingerprint density at radius 3 is 2.95 bits per heavy atom. The second kappa shape index (κ2) is 4.85. The Morgan fingerprint density at radius 1 is 1.26 bits per heavy atom. The van der Waals surface area contributed by atoms with E-state index < -0.39 is 0 Å². The van der Waals surface area contributed by atoms with E-state index in [0.717, 1.165) is 17.1 Å². The number of rotatable bonds is 3. The number of ether oxygens (including phenoxy) is 2. The second-order valence-corrected chi connectivity index (χ2v) is 4.55. The summed E-state index contributed by atoms with van der Waals surface area (Å²) in [5.41, 5.74) is 7.19. The lowest BCUT2D eigenvalue weighted by atomic mass is 10.2. The molecular formula is C13H12ClN3O2. The van der Waals surface area contributed by atoms with Gasteiger partial charge in [0, 0.05) is 6.54 Å². The van der Waals surface area contributed by atoms with E-state index in [1.54, 1.807) is 12.3 Å². The molecule has 0 saturated heterocycles. The average Bonchev–Trinajstić information content (AvgIpc) is 2.85. The van der Waals surface area contributed by atoms with Crippen LogP contribution >= 0.6 is 11.6 Å². The number of hydrogen-bond acceptors (Lipinski definition) is 5. The lowest BCUT2D eigenvalue weighted by Crippen LogP contribution is -2.02. The summed E-state index contributed by atoms with van der Waals surface area (Å²) >= 11 is 6.04. The number of fused-ring (bicyclic) bond motifs is 1. The van der Waals surface area contributed by atoms with Gasteiger partial charge in [-0.05, 0) is 23.8 Å². The van der Waals surface area contributed by atoms with Crippen LogP contribution in [0.5, 0.6) is 11.5 Å². The highest BCUT2D eigenvalue weighted by Gasteiger charge is 2.13. The van der Waals surface area contributed by atoms with Gasteiger partial charge in [-0.15, -0.1) is 0 Å². The van der Waals surface area contributed by atoms with Gasteiger partial charge in [-0.25, -0.2) is 4.98 Å². The largest absolute Gasteiger partial charge is 0.454 e. The molecule has 0 spiro atoms. The molecule has 1 aliphatic rings. The first-order valence-electron chi connectivity index (χ1n) is 5.76. The number of hydrogen-bond donors (Lipinski definition) is 2. The van der Waals surface area contributed by atoms with Crippen molar-refractivity contribution >= 4 is 23.1 Å². The third-order valence-corrected chi connectivity index (χ3v) is 3.05. The van der Waals surface area contributed by atoms with Crippen molar-refractivity contribution in [2.75, 3.05) is 17.8 Å². The van der Waals surface area contributed by atoms with Crippen molar-refractivity contribution in [1.29, 1.82) is 0 Å². The molecule has 3 rings (SSSR count). The van der Waals surface area contributed by atoms with Crippen LogP contribution in [0.25, 0.3) is 0 Å². The SMILES string of the molecule is Nc1cnc(NCc2ccc3c(c2)OCO3)c(Cl)c1. The van der Waals surface area contributed by atoms with Crippen LogP contribution in [0.2, 0.25) is 5.02 Å². The standard InChI is InChI=1S/C13H12ClN3O2/c14-10-4-9(15)6-17-13(10)16-5-8-1-2-11-12(3-8)19-7-18-11/h1-4,6H,5,7,15H2,(H,16,17). The molecule has 0 unspecified atom stereocenters. The first-order valence-corrected chi connectivity index (χ1v) is 6.13. The summed E-state index contributed by atoms with van der Waals surface area (Å²) in [7, 11) is 0. The van der Waals surface area contributed by atoms with Crippen molar-refractivity contribution in [2.24, 2.45) is 0 Å². The van der Waals surface area contributed by atoms with Crippen molar-refractivity contribution in [3.05, 3.63) is 41.0 Å². The molecule has 1 aromatic carbocycles. The molecule has 2 heterocycles. The van der Waals surface area contributed by atoms with Gasteiger partial charge < -0.3 is 20.5 Å². The van der Waals surface area contributed by atoms with Crippen molar-refractivity contribution in [3.63, 3.8) is 0 Å². The summed E-state index contributed by atoms with van der Waals surface area (Å²) in [5, 5.41) is 3.65. The highest BCUT2D eigenvalue weighted by atomic mass is 35.5. The van der Waals surface area contributed by atoms with Crippen molar-refractivity contribution in [2.45, 2.75) is 6.54 Å². The van der Waals surface area contributed by atoms with E-state index in [-0.39, 0.29) is 6.79 Å². The topological polar surface area (TPSA) is 69.4 Å². The molecule has 2 aromatic rings. The van der Waals surface area contributed by atoms with Gasteiger partial charge in [0.2, 0.25) is 6.79 Å². The van der Waals surface area contributed by atoms with Crippen LogP contribution in [0.15, 0.2) is 30.5 Å². The van der Waals surface area contributed by atoms with Gasteiger partial charge in [-0.1, -0.05) is 17.7 Å². The Labute approximate surface area is 115 Å². The first kappa shape index (κ1) is 11.9. The van der Waals surface area contributed by atoms with Crippen LogP contribution in [0.4, 0.5) is 11.5 Å². The predicted molar refractivity (Wildman–Crippen MR) is 73.6 cm³/mol. The van der Waals surface area contributed by atoms with Crippen molar-refractivity contribution in [3.8, 4) is 11.5 Å². The number of nitrogens with zero attached hydrogens (tertiary/aromatic N) is 1. The van der Waals surface area contributed by atoms with Gasteiger partial charge >= 0.3 is 0 Å². The lowest BCUT2D eigenvalue weighted by Gasteiger charge is -2.08. The van der Waals surface area contributed by atoms with Crippen LogP contribution in [-0.4, -0.2) is 11.8 Å². The zero-order chi connectivity index (χ0) is 13.2. The van der Waals surface area contributed by atoms with E-state index in [1.165, 1.54) is 0 Å². The first-order chi connectivity index (χ1) is 9.22. The molecular weight excluding hydrogens is 266 g/mol. The molecule has 0 radical (unpaired) electrons. The van der Waals surface area contributed by atoms with Crippen molar-refractivity contribution < 1.29 is 9.47 Å². The van der Waals surface area contributed by atoms with E-state index in [1.807, 2.05) is 18.2 Å². The molecule has 0 bridgehead atoms. The number of anilines is 2. The molecule has 5 nitrogen and oxygen atoms in total. The van der Waals surface area contributed by atoms with Gasteiger partial charge in [0.15, 0.2) is 11.5 Å². The van der Waals surface area contributed by atoms with E-state index in [0.29, 0.717) is 23.1 Å². The maximum atomic E-state index is 6.04. The predicted octanol–water partition coefficient (Wildman–Crippen LogP) is 2.66. The molecule has 1 aliphatic heterocycles. The maximum absolute atomic E-state index is 6.04. The van der Waals surface area contributed by atoms with Gasteiger partial charge in [-0.3, -0.25) is 0 Å².